The van der Waals surface area contributed by atoms with Gasteiger partial charge in [0.1, 0.15) is 0 Å². The molecule has 0 spiro atoms. The zero-order valence-electron chi connectivity index (χ0n) is 7.56. The number of thiophene rings is 1. The van der Waals surface area contributed by atoms with Crippen LogP contribution in [0.1, 0.15) is 5.56 Å². The maximum atomic E-state index is 9.03. The summed E-state index contributed by atoms with van der Waals surface area (Å²) in [5.74, 6) is 0. The Balaban J connectivity index is 2.70. The van der Waals surface area contributed by atoms with Crippen LogP contribution < -0.4 is 4.78 Å². The quantitative estimate of drug-likeness (QED) is 0.502. The second-order valence-electron chi connectivity index (χ2n) is 3.20. The molecule has 0 aliphatic rings. The fourth-order valence-electron chi connectivity index (χ4n) is 1.44. The van der Waals surface area contributed by atoms with Crippen molar-refractivity contribution in [2.75, 3.05) is 0 Å². The summed E-state index contributed by atoms with van der Waals surface area (Å²) in [6.07, 6.45) is 0. The summed E-state index contributed by atoms with van der Waals surface area (Å²) in [5, 5.41) is 19.1. The monoisotopic (exact) mass is 224 g/mol. The van der Waals surface area contributed by atoms with Gasteiger partial charge < -0.3 is 10.0 Å². The van der Waals surface area contributed by atoms with E-state index in [4.69, 9.17) is 10.0 Å². The minimum absolute atomic E-state index is 0.571. The number of aryl methyl sites for hydroxylation is 1. The van der Waals surface area contributed by atoms with E-state index in [1.54, 1.807) is 0 Å². The minimum atomic E-state index is -1.38. The number of hydrogen-bond donors (Lipinski definition) is 3. The summed E-state index contributed by atoms with van der Waals surface area (Å²) >= 11 is 5.66. The van der Waals surface area contributed by atoms with Crippen molar-refractivity contribution in [3.8, 4) is 0 Å². The molecule has 2 N–H and O–H groups in total. The Bertz CT molecular complexity index is 479. The van der Waals surface area contributed by atoms with Gasteiger partial charge in [-0.1, -0.05) is 0 Å². The smallest absolute Gasteiger partial charge is 0.423 e. The molecule has 0 unspecified atom stereocenters. The van der Waals surface area contributed by atoms with E-state index in [2.05, 4.69) is 12.6 Å². The number of hydrogen-bond acceptors (Lipinski definition) is 4. The maximum absolute atomic E-state index is 9.03. The lowest BCUT2D eigenvalue weighted by Gasteiger charge is -1.96. The zero-order valence-corrected chi connectivity index (χ0v) is 9.27. The Morgan fingerprint density at radius 3 is 2.64 bits per heavy atom. The van der Waals surface area contributed by atoms with Gasteiger partial charge in [-0.25, -0.2) is 0 Å². The summed E-state index contributed by atoms with van der Waals surface area (Å²) < 4.78 is 1.61. The molecule has 2 aromatic rings. The third-order valence-electron chi connectivity index (χ3n) is 2.10. The first-order valence-corrected chi connectivity index (χ1v) is 5.43. The van der Waals surface area contributed by atoms with Gasteiger partial charge in [0.25, 0.3) is 0 Å². The van der Waals surface area contributed by atoms with Crippen LogP contribution in [0.2, 0.25) is 0 Å². The van der Waals surface area contributed by atoms with Crippen molar-refractivity contribution in [1.29, 1.82) is 0 Å². The maximum Gasteiger partial charge on any atom is 0.499 e. The normalized spacial score (nSPS) is 10.9. The summed E-state index contributed by atoms with van der Waals surface area (Å²) in [6.45, 7) is 1.99. The Hall–Kier alpha value is -0.485. The largest absolute Gasteiger partial charge is 0.499 e. The molecule has 2 nitrogen and oxygen atoms in total. The van der Waals surface area contributed by atoms with E-state index < -0.39 is 7.12 Å². The first-order valence-electron chi connectivity index (χ1n) is 4.17. The van der Waals surface area contributed by atoms with E-state index in [-0.39, 0.29) is 0 Å². The van der Waals surface area contributed by atoms with E-state index >= 15 is 0 Å². The highest BCUT2D eigenvalue weighted by atomic mass is 32.1. The predicted molar refractivity (Wildman–Crippen MR) is 63.6 cm³/mol. The Kier molecular flexibility index (Phi) is 2.57. The van der Waals surface area contributed by atoms with Crippen LogP contribution in [-0.2, 0) is 0 Å². The molecule has 72 valence electrons. The van der Waals surface area contributed by atoms with Crippen molar-refractivity contribution in [2.24, 2.45) is 0 Å². The molecule has 0 bridgehead atoms. The number of fused-ring (bicyclic) bond motifs is 1. The highest BCUT2D eigenvalue weighted by molar-refractivity contribution is 7.80. The van der Waals surface area contributed by atoms with E-state index in [1.165, 1.54) is 11.3 Å². The minimum Gasteiger partial charge on any atom is -0.423 e. The van der Waals surface area contributed by atoms with Crippen LogP contribution >= 0.6 is 24.0 Å². The SMILES string of the molecule is Cc1cc(S)cc2sc(B(O)O)cc12. The van der Waals surface area contributed by atoms with Crippen molar-refractivity contribution < 1.29 is 10.0 Å². The average molecular weight is 224 g/mol. The fraction of sp³-hybridized carbons (Fsp3) is 0.111. The summed E-state index contributed by atoms with van der Waals surface area (Å²) in [4.78, 5) is 0.899. The Labute approximate surface area is 91.8 Å². The van der Waals surface area contributed by atoms with Gasteiger partial charge in [-0.15, -0.1) is 24.0 Å². The van der Waals surface area contributed by atoms with Gasteiger partial charge in [-0.3, -0.25) is 0 Å². The lowest BCUT2D eigenvalue weighted by Crippen LogP contribution is -2.26. The molecule has 0 radical (unpaired) electrons. The topological polar surface area (TPSA) is 40.5 Å². The standard InChI is InChI=1S/C9H9BO2S2/c1-5-2-6(13)3-8-7(5)4-9(14-8)10(11)12/h2-4,11-13H,1H3. The van der Waals surface area contributed by atoms with Crippen LogP contribution in [0.25, 0.3) is 10.1 Å². The summed E-state index contributed by atoms with van der Waals surface area (Å²) in [6, 6.07) is 5.71. The number of benzene rings is 1. The summed E-state index contributed by atoms with van der Waals surface area (Å²) in [7, 11) is -1.38. The van der Waals surface area contributed by atoms with Gasteiger partial charge >= 0.3 is 7.12 Å². The molecule has 0 saturated heterocycles. The van der Waals surface area contributed by atoms with Gasteiger partial charge in [0.2, 0.25) is 0 Å². The van der Waals surface area contributed by atoms with Crippen molar-refractivity contribution in [2.45, 2.75) is 11.8 Å². The molecular weight excluding hydrogens is 215 g/mol. The second kappa shape index (κ2) is 3.58. The van der Waals surface area contributed by atoms with Crippen molar-refractivity contribution in [1.82, 2.24) is 0 Å². The van der Waals surface area contributed by atoms with Gasteiger partial charge in [-0.2, -0.15) is 0 Å². The van der Waals surface area contributed by atoms with E-state index in [0.29, 0.717) is 4.78 Å². The predicted octanol–water partition coefficient (Wildman–Crippen LogP) is 1.18. The van der Waals surface area contributed by atoms with Crippen LogP contribution in [0.15, 0.2) is 23.1 Å². The molecule has 0 amide bonds. The van der Waals surface area contributed by atoms with Gasteiger partial charge in [0, 0.05) is 14.4 Å². The van der Waals surface area contributed by atoms with Gasteiger partial charge in [-0.05, 0) is 36.1 Å². The van der Waals surface area contributed by atoms with Gasteiger partial charge in [0.15, 0.2) is 0 Å². The van der Waals surface area contributed by atoms with Crippen LogP contribution in [0.4, 0.5) is 0 Å². The third kappa shape index (κ3) is 1.68. The highest BCUT2D eigenvalue weighted by Gasteiger charge is 2.15. The molecule has 0 fully saturated rings. The molecular formula is C9H9BO2S2. The Morgan fingerprint density at radius 1 is 1.29 bits per heavy atom. The molecule has 0 saturated carbocycles. The molecule has 14 heavy (non-hydrogen) atoms. The zero-order chi connectivity index (χ0) is 10.3. The van der Waals surface area contributed by atoms with Crippen molar-refractivity contribution in [3.05, 3.63) is 23.8 Å². The Morgan fingerprint density at radius 2 is 2.00 bits per heavy atom. The lowest BCUT2D eigenvalue weighted by molar-refractivity contribution is 0.427. The molecule has 0 aliphatic heterocycles. The van der Waals surface area contributed by atoms with E-state index in [0.717, 1.165) is 20.5 Å². The number of rotatable bonds is 1. The third-order valence-corrected chi connectivity index (χ3v) is 3.48. The van der Waals surface area contributed by atoms with E-state index in [9.17, 15) is 0 Å². The van der Waals surface area contributed by atoms with E-state index in [1.807, 2.05) is 25.1 Å². The molecule has 1 aromatic carbocycles. The van der Waals surface area contributed by atoms with Crippen molar-refractivity contribution >= 4 is 45.9 Å². The van der Waals surface area contributed by atoms with Crippen LogP contribution in [0.3, 0.4) is 0 Å². The van der Waals surface area contributed by atoms with Crippen LogP contribution in [-0.4, -0.2) is 17.2 Å². The average Bonchev–Trinajstić information content (AvgIpc) is 2.47. The van der Waals surface area contributed by atoms with Crippen LogP contribution in [0.5, 0.6) is 0 Å². The van der Waals surface area contributed by atoms with Crippen molar-refractivity contribution in [3.63, 3.8) is 0 Å². The molecule has 2 rings (SSSR count). The highest BCUT2D eigenvalue weighted by Crippen LogP contribution is 2.26. The molecule has 0 atom stereocenters. The lowest BCUT2D eigenvalue weighted by atomic mass is 9.89. The molecule has 0 aliphatic carbocycles. The molecule has 5 heteroatoms. The first kappa shape index (κ1) is 10.0. The van der Waals surface area contributed by atoms with Crippen LogP contribution in [0, 0.1) is 6.92 Å². The fourth-order valence-corrected chi connectivity index (χ4v) is 2.90. The molecule has 1 aromatic heterocycles. The second-order valence-corrected chi connectivity index (χ2v) is 4.83. The number of thiol groups is 1. The molecule has 1 heterocycles. The summed E-state index contributed by atoms with van der Waals surface area (Å²) in [5.41, 5.74) is 1.11. The first-order chi connectivity index (χ1) is 6.58. The van der Waals surface area contributed by atoms with Gasteiger partial charge in [0.05, 0.1) is 0 Å².